The average molecular weight is 262 g/mol. The predicted octanol–water partition coefficient (Wildman–Crippen LogP) is 2.88. The number of benzene rings is 1. The Balaban J connectivity index is 2.25. The lowest BCUT2D eigenvalue weighted by atomic mass is 10.1. The van der Waals surface area contributed by atoms with Gasteiger partial charge in [-0.25, -0.2) is 4.98 Å². The van der Waals surface area contributed by atoms with Crippen molar-refractivity contribution in [3.63, 3.8) is 0 Å². The minimum Gasteiger partial charge on any atom is -0.397 e. The van der Waals surface area contributed by atoms with Crippen molar-refractivity contribution in [3.05, 3.63) is 52.7 Å². The second-order valence-corrected chi connectivity index (χ2v) is 4.28. The molecule has 4 nitrogen and oxygen atoms in total. The molecule has 18 heavy (non-hydrogen) atoms. The summed E-state index contributed by atoms with van der Waals surface area (Å²) in [5, 5.41) is 3.04. The van der Waals surface area contributed by atoms with Crippen molar-refractivity contribution in [2.45, 2.75) is 6.92 Å². The molecular formula is C13H12ClN3O. The highest BCUT2D eigenvalue weighted by molar-refractivity contribution is 6.34. The minimum absolute atomic E-state index is 0.268. The summed E-state index contributed by atoms with van der Waals surface area (Å²) in [4.78, 5) is 16.1. The first-order valence-corrected chi connectivity index (χ1v) is 5.73. The van der Waals surface area contributed by atoms with Crippen LogP contribution < -0.4 is 11.1 Å². The van der Waals surface area contributed by atoms with E-state index in [2.05, 4.69) is 10.3 Å². The molecule has 2 aromatic rings. The molecule has 0 aliphatic heterocycles. The third-order valence-corrected chi connectivity index (χ3v) is 2.78. The Morgan fingerprint density at radius 2 is 2.17 bits per heavy atom. The number of anilines is 2. The fourth-order valence-electron chi connectivity index (χ4n) is 1.52. The van der Waals surface area contributed by atoms with Crippen molar-refractivity contribution in [1.29, 1.82) is 0 Å². The van der Waals surface area contributed by atoms with E-state index in [9.17, 15) is 4.79 Å². The van der Waals surface area contributed by atoms with Gasteiger partial charge in [0.2, 0.25) is 0 Å². The second-order valence-electron chi connectivity index (χ2n) is 3.87. The average Bonchev–Trinajstić information content (AvgIpc) is 2.32. The number of aromatic nitrogens is 1. The molecule has 0 aliphatic carbocycles. The van der Waals surface area contributed by atoms with E-state index < -0.39 is 0 Å². The summed E-state index contributed by atoms with van der Waals surface area (Å²) in [6.45, 7) is 1.92. The van der Waals surface area contributed by atoms with E-state index in [0.717, 1.165) is 5.56 Å². The smallest absolute Gasteiger partial charge is 0.258 e. The zero-order valence-corrected chi connectivity index (χ0v) is 10.5. The number of halogens is 1. The van der Waals surface area contributed by atoms with E-state index >= 15 is 0 Å². The molecule has 0 saturated heterocycles. The number of nitrogens with zero attached hydrogens (tertiary/aromatic N) is 1. The minimum atomic E-state index is -0.326. The largest absolute Gasteiger partial charge is 0.397 e. The summed E-state index contributed by atoms with van der Waals surface area (Å²) in [6.07, 6.45) is 1.63. The topological polar surface area (TPSA) is 68.0 Å². The van der Waals surface area contributed by atoms with E-state index in [0.29, 0.717) is 16.4 Å². The Hall–Kier alpha value is -2.07. The Bertz CT molecular complexity index is 599. The van der Waals surface area contributed by atoms with Crippen LogP contribution in [0.25, 0.3) is 0 Å². The number of carbonyl (C=O) groups is 1. The van der Waals surface area contributed by atoms with Crippen LogP contribution in [-0.2, 0) is 0 Å². The number of hydrogen-bond acceptors (Lipinski definition) is 3. The molecule has 2 rings (SSSR count). The Labute approximate surface area is 110 Å². The maximum absolute atomic E-state index is 12.0. The number of aryl methyl sites for hydroxylation is 1. The van der Waals surface area contributed by atoms with Crippen LogP contribution in [-0.4, -0.2) is 10.9 Å². The molecule has 5 heteroatoms. The molecule has 0 radical (unpaired) electrons. The number of hydrogen-bond donors (Lipinski definition) is 2. The van der Waals surface area contributed by atoms with Gasteiger partial charge in [-0.15, -0.1) is 0 Å². The number of nitrogens with one attached hydrogen (secondary N) is 1. The molecule has 1 heterocycles. The van der Waals surface area contributed by atoms with Crippen molar-refractivity contribution in [2.75, 3.05) is 11.1 Å². The van der Waals surface area contributed by atoms with Crippen LogP contribution in [0, 0.1) is 6.92 Å². The lowest BCUT2D eigenvalue weighted by Gasteiger charge is -2.08. The van der Waals surface area contributed by atoms with Crippen LogP contribution >= 0.6 is 11.6 Å². The molecule has 1 aromatic heterocycles. The molecule has 0 atom stereocenters. The summed E-state index contributed by atoms with van der Waals surface area (Å²) in [5.41, 5.74) is 7.37. The highest BCUT2D eigenvalue weighted by atomic mass is 35.5. The van der Waals surface area contributed by atoms with Gasteiger partial charge in [-0.2, -0.15) is 0 Å². The van der Waals surface area contributed by atoms with Gasteiger partial charge in [0.05, 0.1) is 16.3 Å². The van der Waals surface area contributed by atoms with E-state index in [1.54, 1.807) is 30.5 Å². The van der Waals surface area contributed by atoms with Crippen molar-refractivity contribution in [2.24, 2.45) is 0 Å². The summed E-state index contributed by atoms with van der Waals surface area (Å²) < 4.78 is 0. The monoisotopic (exact) mass is 261 g/mol. The highest BCUT2D eigenvalue weighted by Crippen LogP contribution is 2.23. The van der Waals surface area contributed by atoms with Crippen LogP contribution in [0.1, 0.15) is 15.9 Å². The van der Waals surface area contributed by atoms with Crippen molar-refractivity contribution in [1.82, 2.24) is 4.98 Å². The highest BCUT2D eigenvalue weighted by Gasteiger charge is 2.12. The molecule has 0 fully saturated rings. The molecular weight excluding hydrogens is 250 g/mol. The zero-order chi connectivity index (χ0) is 13.1. The first kappa shape index (κ1) is 12.4. The quantitative estimate of drug-likeness (QED) is 0.817. The zero-order valence-electron chi connectivity index (χ0n) is 9.77. The molecule has 0 bridgehead atoms. The summed E-state index contributed by atoms with van der Waals surface area (Å²) in [5.74, 6) is 0.160. The van der Waals surface area contributed by atoms with Gasteiger partial charge in [-0.05, 0) is 36.8 Å². The molecule has 0 aliphatic rings. The Kier molecular flexibility index (Phi) is 3.48. The molecule has 1 amide bonds. The fraction of sp³-hybridized carbons (Fsp3) is 0.0769. The number of pyridine rings is 1. The Morgan fingerprint density at radius 1 is 1.39 bits per heavy atom. The van der Waals surface area contributed by atoms with Crippen molar-refractivity contribution >= 4 is 29.0 Å². The van der Waals surface area contributed by atoms with Gasteiger partial charge in [0.15, 0.2) is 0 Å². The van der Waals surface area contributed by atoms with Gasteiger partial charge in [-0.1, -0.05) is 17.7 Å². The lowest BCUT2D eigenvalue weighted by Crippen LogP contribution is -2.15. The third kappa shape index (κ3) is 2.60. The van der Waals surface area contributed by atoms with Crippen LogP contribution in [0.15, 0.2) is 36.5 Å². The Morgan fingerprint density at radius 3 is 2.89 bits per heavy atom. The van der Waals surface area contributed by atoms with E-state index in [4.69, 9.17) is 17.3 Å². The molecule has 3 N–H and O–H groups in total. The normalized spacial score (nSPS) is 10.1. The fourth-order valence-corrected chi connectivity index (χ4v) is 1.70. The van der Waals surface area contributed by atoms with Gasteiger partial charge in [-0.3, -0.25) is 4.79 Å². The number of nitrogens with two attached hydrogens (primary N) is 1. The SMILES string of the molecule is Cc1ccnc(NC(=O)c2cccc(Cl)c2N)c1. The lowest BCUT2D eigenvalue weighted by molar-refractivity contribution is 0.102. The predicted molar refractivity (Wildman–Crippen MR) is 72.8 cm³/mol. The third-order valence-electron chi connectivity index (χ3n) is 2.45. The summed E-state index contributed by atoms with van der Waals surface area (Å²) in [6, 6.07) is 8.56. The van der Waals surface area contributed by atoms with Crippen LogP contribution in [0.4, 0.5) is 11.5 Å². The first-order chi connectivity index (χ1) is 8.58. The molecule has 0 unspecified atom stereocenters. The number of nitrogen functional groups attached to an aromatic ring is 1. The van der Waals surface area contributed by atoms with Crippen LogP contribution in [0.5, 0.6) is 0 Å². The van der Waals surface area contributed by atoms with E-state index in [-0.39, 0.29) is 11.6 Å². The standard InChI is InChI=1S/C13H12ClN3O/c1-8-5-6-16-11(7-8)17-13(18)9-3-2-4-10(14)12(9)15/h2-7H,15H2,1H3,(H,16,17,18). The second kappa shape index (κ2) is 5.06. The van der Waals surface area contributed by atoms with Crippen LogP contribution in [0.2, 0.25) is 5.02 Å². The van der Waals surface area contributed by atoms with Crippen molar-refractivity contribution in [3.8, 4) is 0 Å². The van der Waals surface area contributed by atoms with Crippen LogP contribution in [0.3, 0.4) is 0 Å². The van der Waals surface area contributed by atoms with E-state index in [1.165, 1.54) is 0 Å². The van der Waals surface area contributed by atoms with Gasteiger partial charge in [0.25, 0.3) is 5.91 Å². The molecule has 1 aromatic carbocycles. The molecule has 0 saturated carbocycles. The summed E-state index contributed by atoms with van der Waals surface area (Å²) in [7, 11) is 0. The maximum Gasteiger partial charge on any atom is 0.258 e. The molecule has 92 valence electrons. The van der Waals surface area contributed by atoms with Gasteiger partial charge in [0, 0.05) is 6.20 Å². The number of para-hydroxylation sites is 1. The van der Waals surface area contributed by atoms with E-state index in [1.807, 2.05) is 13.0 Å². The number of rotatable bonds is 2. The first-order valence-electron chi connectivity index (χ1n) is 5.36. The molecule has 0 spiro atoms. The van der Waals surface area contributed by atoms with Gasteiger partial charge >= 0.3 is 0 Å². The number of amides is 1. The number of carbonyl (C=O) groups excluding carboxylic acids is 1. The van der Waals surface area contributed by atoms with Crippen molar-refractivity contribution < 1.29 is 4.79 Å². The summed E-state index contributed by atoms with van der Waals surface area (Å²) >= 11 is 5.87. The van der Waals surface area contributed by atoms with Gasteiger partial charge in [0.1, 0.15) is 5.82 Å². The maximum atomic E-state index is 12.0. The van der Waals surface area contributed by atoms with Gasteiger partial charge < -0.3 is 11.1 Å².